The summed E-state index contributed by atoms with van der Waals surface area (Å²) in [5.74, 6) is -0.770. The number of carbonyl (C=O) groups is 2. The molecule has 31 heavy (non-hydrogen) atoms. The van der Waals surface area contributed by atoms with Crippen molar-refractivity contribution in [2.24, 2.45) is 0 Å². The van der Waals surface area contributed by atoms with Gasteiger partial charge in [0.2, 0.25) is 0 Å². The van der Waals surface area contributed by atoms with Crippen LogP contribution in [0.25, 0.3) is 0 Å². The number of thioether (sulfide) groups is 1. The molecule has 0 saturated heterocycles. The first-order valence-corrected chi connectivity index (χ1v) is 10.8. The Labute approximate surface area is 189 Å². The van der Waals surface area contributed by atoms with E-state index in [4.69, 9.17) is 11.6 Å². The Bertz CT molecular complexity index is 1160. The summed E-state index contributed by atoms with van der Waals surface area (Å²) >= 11 is 7.06. The Balaban J connectivity index is 1.69. The zero-order chi connectivity index (χ0) is 22.0. The van der Waals surface area contributed by atoms with Crippen LogP contribution in [0.2, 0.25) is 5.02 Å². The van der Waals surface area contributed by atoms with E-state index < -0.39 is 5.91 Å². The minimum Gasteiger partial charge on any atom is -0.350 e. The number of anilines is 1. The van der Waals surface area contributed by atoms with Crippen LogP contribution in [0.5, 0.6) is 0 Å². The molecule has 2 aromatic carbocycles. The fourth-order valence-electron chi connectivity index (χ4n) is 3.18. The molecule has 0 spiro atoms. The molecule has 0 unspecified atom stereocenters. The number of hydrogen-bond acceptors (Lipinski definition) is 6. The van der Waals surface area contributed by atoms with Crippen LogP contribution in [0.4, 0.5) is 5.69 Å². The van der Waals surface area contributed by atoms with Gasteiger partial charge in [-0.3, -0.25) is 14.5 Å². The van der Waals surface area contributed by atoms with Gasteiger partial charge in [0.25, 0.3) is 11.8 Å². The predicted octanol–water partition coefficient (Wildman–Crippen LogP) is 4.73. The predicted molar refractivity (Wildman–Crippen MR) is 121 cm³/mol. The zero-order valence-electron chi connectivity index (χ0n) is 16.9. The number of aromatic nitrogens is 2. The van der Waals surface area contributed by atoms with E-state index in [0.29, 0.717) is 15.9 Å². The van der Waals surface area contributed by atoms with E-state index >= 15 is 0 Å². The van der Waals surface area contributed by atoms with Crippen LogP contribution in [0, 0.1) is 13.8 Å². The molecule has 0 bridgehead atoms. The molecule has 2 heterocycles. The number of carbonyl (C=O) groups excluding carboxylic acids is 2. The number of rotatable bonds is 6. The summed E-state index contributed by atoms with van der Waals surface area (Å²) in [4.78, 5) is 36.8. The van der Waals surface area contributed by atoms with Crippen molar-refractivity contribution < 1.29 is 9.59 Å². The summed E-state index contributed by atoms with van der Waals surface area (Å²) in [5, 5.41) is 4.10. The van der Waals surface area contributed by atoms with Crippen LogP contribution in [0.3, 0.4) is 0 Å². The number of benzene rings is 2. The van der Waals surface area contributed by atoms with E-state index in [-0.39, 0.29) is 23.1 Å². The van der Waals surface area contributed by atoms with Crippen LogP contribution in [-0.4, -0.2) is 26.7 Å². The Hall–Kier alpha value is -3.16. The number of hydrogen-bond donors (Lipinski definition) is 1. The molecule has 1 N–H and O–H groups in total. The summed E-state index contributed by atoms with van der Waals surface area (Å²) < 4.78 is 0. The van der Waals surface area contributed by atoms with Crippen molar-refractivity contribution in [3.05, 3.63) is 93.2 Å². The van der Waals surface area contributed by atoms with Gasteiger partial charge in [-0.2, -0.15) is 0 Å². The van der Waals surface area contributed by atoms with Crippen LogP contribution >= 0.6 is 23.4 Å². The second-order valence-corrected chi connectivity index (χ2v) is 8.47. The number of nitrogens with zero attached hydrogens (tertiary/aromatic N) is 3. The molecule has 0 atom stereocenters. The van der Waals surface area contributed by atoms with E-state index in [9.17, 15) is 9.59 Å². The fourth-order valence-corrected chi connectivity index (χ4v) is 4.30. The lowest BCUT2D eigenvalue weighted by atomic mass is 10.2. The molecule has 1 aliphatic heterocycles. The molecule has 156 valence electrons. The molecule has 8 heteroatoms. The van der Waals surface area contributed by atoms with Gasteiger partial charge >= 0.3 is 0 Å². The lowest BCUT2D eigenvalue weighted by Gasteiger charge is -2.15. The minimum atomic E-state index is -0.393. The van der Waals surface area contributed by atoms with Gasteiger partial charge < -0.3 is 5.32 Å². The van der Waals surface area contributed by atoms with Crippen molar-refractivity contribution in [3.63, 3.8) is 0 Å². The summed E-state index contributed by atoms with van der Waals surface area (Å²) in [7, 11) is 0. The van der Waals surface area contributed by atoms with Crippen molar-refractivity contribution >= 4 is 40.9 Å². The Morgan fingerprint density at radius 1 is 0.935 bits per heavy atom. The Kier molecular flexibility index (Phi) is 6.06. The third-order valence-electron chi connectivity index (χ3n) is 4.58. The molecule has 0 saturated carbocycles. The van der Waals surface area contributed by atoms with Gasteiger partial charge in [-0.05, 0) is 61.5 Å². The van der Waals surface area contributed by atoms with Gasteiger partial charge in [0, 0.05) is 22.1 Å². The van der Waals surface area contributed by atoms with Gasteiger partial charge in [-0.25, -0.2) is 9.97 Å². The third-order valence-corrected chi connectivity index (χ3v) is 5.78. The van der Waals surface area contributed by atoms with Crippen LogP contribution in [0.15, 0.2) is 76.4 Å². The zero-order valence-corrected chi connectivity index (χ0v) is 18.5. The molecule has 4 rings (SSSR count). The molecular weight excluding hydrogens is 432 g/mol. The normalized spacial score (nSPS) is 13.8. The van der Waals surface area contributed by atoms with Crippen molar-refractivity contribution in [1.29, 1.82) is 0 Å². The molecule has 2 amide bonds. The van der Waals surface area contributed by atoms with Gasteiger partial charge in [-0.1, -0.05) is 41.9 Å². The van der Waals surface area contributed by atoms with Crippen molar-refractivity contribution in [2.45, 2.75) is 25.5 Å². The second kappa shape index (κ2) is 8.91. The van der Waals surface area contributed by atoms with Gasteiger partial charge in [0.1, 0.15) is 10.6 Å². The quantitative estimate of drug-likeness (QED) is 0.432. The third kappa shape index (κ3) is 4.78. The van der Waals surface area contributed by atoms with Crippen molar-refractivity contribution in [2.75, 3.05) is 5.32 Å². The minimum absolute atomic E-state index is 0.183. The lowest BCUT2D eigenvalue weighted by Crippen LogP contribution is -2.31. The first-order valence-electron chi connectivity index (χ1n) is 9.58. The monoisotopic (exact) mass is 450 g/mol. The maximum atomic E-state index is 13.3. The largest absolute Gasteiger partial charge is 0.350 e. The molecule has 1 aromatic heterocycles. The number of halogens is 1. The highest BCUT2D eigenvalue weighted by Gasteiger charge is 2.39. The van der Waals surface area contributed by atoms with Crippen molar-refractivity contribution in [1.82, 2.24) is 14.9 Å². The average Bonchev–Trinajstić information content (AvgIpc) is 2.94. The fraction of sp³-hybridized carbons (Fsp3) is 0.130. The van der Waals surface area contributed by atoms with Crippen LogP contribution in [-0.2, 0) is 16.1 Å². The van der Waals surface area contributed by atoms with E-state index in [1.165, 1.54) is 4.90 Å². The summed E-state index contributed by atoms with van der Waals surface area (Å²) in [6.45, 7) is 3.91. The van der Waals surface area contributed by atoms with E-state index in [0.717, 1.165) is 28.7 Å². The van der Waals surface area contributed by atoms with Gasteiger partial charge in [0.15, 0.2) is 5.16 Å². The molecule has 0 aliphatic carbocycles. The van der Waals surface area contributed by atoms with Gasteiger partial charge in [-0.15, -0.1) is 0 Å². The average molecular weight is 451 g/mol. The Morgan fingerprint density at radius 3 is 2.23 bits per heavy atom. The topological polar surface area (TPSA) is 75.2 Å². The SMILES string of the molecule is Cc1cc(C)nc(SC2=C(Nc3ccc(Cl)cc3)C(=O)N(Cc3ccccc3)C2=O)n1. The highest BCUT2D eigenvalue weighted by atomic mass is 35.5. The molecule has 0 radical (unpaired) electrons. The Morgan fingerprint density at radius 2 is 1.58 bits per heavy atom. The first-order chi connectivity index (χ1) is 14.9. The van der Waals surface area contributed by atoms with E-state index in [2.05, 4.69) is 15.3 Å². The number of amides is 2. The summed E-state index contributed by atoms with van der Waals surface area (Å²) in [6, 6.07) is 18.2. The smallest absolute Gasteiger partial charge is 0.278 e. The first kappa shape index (κ1) is 21.1. The summed E-state index contributed by atoms with van der Waals surface area (Å²) in [5.41, 5.74) is 3.31. The van der Waals surface area contributed by atoms with Crippen molar-refractivity contribution in [3.8, 4) is 0 Å². The number of nitrogens with one attached hydrogen (secondary N) is 1. The van der Waals surface area contributed by atoms with Crippen LogP contribution in [0.1, 0.15) is 17.0 Å². The highest BCUT2D eigenvalue weighted by molar-refractivity contribution is 8.04. The molecular formula is C23H19ClN4O2S. The van der Waals surface area contributed by atoms with E-state index in [1.54, 1.807) is 24.3 Å². The lowest BCUT2D eigenvalue weighted by molar-refractivity contribution is -0.137. The second-order valence-electron chi connectivity index (χ2n) is 7.05. The number of aryl methyl sites for hydroxylation is 2. The molecule has 1 aliphatic rings. The molecule has 3 aromatic rings. The standard InChI is InChI=1S/C23H19ClN4O2S/c1-14-12-15(2)26-23(25-14)31-20-19(27-18-10-8-17(24)9-11-18)21(29)28(22(20)30)13-16-6-4-3-5-7-16/h3-12,27H,13H2,1-2H3. The highest BCUT2D eigenvalue weighted by Crippen LogP contribution is 2.35. The van der Waals surface area contributed by atoms with E-state index in [1.807, 2.05) is 50.2 Å². The molecule has 6 nitrogen and oxygen atoms in total. The number of imide groups is 1. The summed E-state index contributed by atoms with van der Waals surface area (Å²) in [6.07, 6.45) is 0. The van der Waals surface area contributed by atoms with Crippen LogP contribution < -0.4 is 5.32 Å². The maximum absolute atomic E-state index is 13.3. The van der Waals surface area contributed by atoms with Gasteiger partial charge in [0.05, 0.1) is 6.54 Å². The maximum Gasteiger partial charge on any atom is 0.278 e. The molecule has 0 fully saturated rings.